The fourth-order valence-corrected chi connectivity index (χ4v) is 2.30. The number of hydrogen-bond acceptors (Lipinski definition) is 3. The molecule has 0 spiro atoms. The summed E-state index contributed by atoms with van der Waals surface area (Å²) in [6.45, 7) is 0.952. The van der Waals surface area contributed by atoms with E-state index < -0.39 is 0 Å². The number of rotatable bonds is 3. The predicted molar refractivity (Wildman–Crippen MR) is 72.7 cm³/mol. The lowest BCUT2D eigenvalue weighted by Gasteiger charge is -2.35. The summed E-state index contributed by atoms with van der Waals surface area (Å²) in [5.41, 5.74) is 1.90. The summed E-state index contributed by atoms with van der Waals surface area (Å²) in [6.07, 6.45) is 0.775. The fourth-order valence-electron chi connectivity index (χ4n) is 2.30. The molecule has 1 saturated heterocycles. The lowest BCUT2D eigenvalue weighted by molar-refractivity contribution is -0.141. The molecule has 4 heteroatoms. The first-order chi connectivity index (χ1) is 9.22. The lowest BCUT2D eigenvalue weighted by Crippen LogP contribution is -2.53. The maximum Gasteiger partial charge on any atom is 0.223 e. The number of aliphatic hydroxyl groups excluding tert-OH is 1. The van der Waals surface area contributed by atoms with Gasteiger partial charge in [-0.15, -0.1) is 0 Å². The number of β-amino-alcohol motifs (C(OH)–C–C–N with tert-alkyl or cyclic N) is 1. The van der Waals surface area contributed by atoms with Crippen LogP contribution in [0.3, 0.4) is 0 Å². The number of aromatic nitrogens is 1. The molecule has 0 radical (unpaired) electrons. The molecular formula is C15H16N2O2. The van der Waals surface area contributed by atoms with Gasteiger partial charge in [-0.05, 0) is 18.6 Å². The molecule has 0 aliphatic carbocycles. The van der Waals surface area contributed by atoms with E-state index in [-0.39, 0.29) is 12.0 Å². The molecule has 1 fully saturated rings. The zero-order valence-electron chi connectivity index (χ0n) is 10.6. The molecule has 1 aliphatic rings. The highest BCUT2D eigenvalue weighted by Gasteiger charge is 2.28. The molecule has 1 amide bonds. The van der Waals surface area contributed by atoms with Gasteiger partial charge in [0.05, 0.1) is 11.6 Å². The normalized spacial score (nSPS) is 15.5. The Labute approximate surface area is 111 Å². The van der Waals surface area contributed by atoms with E-state index in [2.05, 4.69) is 4.98 Å². The molecule has 1 aliphatic heterocycles. The zero-order valence-corrected chi connectivity index (χ0v) is 10.6. The van der Waals surface area contributed by atoms with Crippen LogP contribution in [0.4, 0.5) is 0 Å². The van der Waals surface area contributed by atoms with Gasteiger partial charge in [-0.25, -0.2) is 0 Å². The van der Waals surface area contributed by atoms with Crippen molar-refractivity contribution in [2.24, 2.45) is 0 Å². The van der Waals surface area contributed by atoms with Crippen molar-refractivity contribution in [1.82, 2.24) is 9.88 Å². The second kappa shape index (κ2) is 4.97. The van der Waals surface area contributed by atoms with Crippen LogP contribution in [-0.2, 0) is 11.2 Å². The number of carbonyl (C=O) groups is 1. The third-order valence-corrected chi connectivity index (χ3v) is 3.47. The van der Waals surface area contributed by atoms with Crippen LogP contribution in [0.15, 0.2) is 36.4 Å². The SMILES string of the molecule is O=C(CCc1ccc2ccccc2n1)N1CC(O)C1. The van der Waals surface area contributed by atoms with Crippen LogP contribution < -0.4 is 0 Å². The minimum absolute atomic E-state index is 0.0975. The molecule has 4 nitrogen and oxygen atoms in total. The Bertz CT molecular complexity index is 606. The van der Waals surface area contributed by atoms with Gasteiger partial charge in [0.2, 0.25) is 5.91 Å². The summed E-state index contributed by atoms with van der Waals surface area (Å²) in [6, 6.07) is 12.0. The number of hydrogen-bond donors (Lipinski definition) is 1. The number of aryl methyl sites for hydroxylation is 1. The van der Waals surface area contributed by atoms with Gasteiger partial charge in [0, 0.05) is 30.6 Å². The molecule has 0 unspecified atom stereocenters. The van der Waals surface area contributed by atoms with Gasteiger partial charge in [0.15, 0.2) is 0 Å². The molecular weight excluding hydrogens is 240 g/mol. The van der Waals surface area contributed by atoms with Crippen LogP contribution in [-0.4, -0.2) is 40.1 Å². The predicted octanol–water partition coefficient (Wildman–Crippen LogP) is 1.37. The topological polar surface area (TPSA) is 53.4 Å². The Morgan fingerprint density at radius 1 is 1.26 bits per heavy atom. The summed E-state index contributed by atoms with van der Waals surface area (Å²) in [5, 5.41) is 10.3. The summed E-state index contributed by atoms with van der Waals surface area (Å²) < 4.78 is 0. The van der Waals surface area contributed by atoms with E-state index in [1.165, 1.54) is 0 Å². The average Bonchev–Trinajstić information content (AvgIpc) is 2.41. The minimum atomic E-state index is -0.331. The molecule has 2 heterocycles. The maximum absolute atomic E-state index is 11.8. The van der Waals surface area contributed by atoms with Gasteiger partial charge in [-0.3, -0.25) is 9.78 Å². The van der Waals surface area contributed by atoms with Gasteiger partial charge in [0.1, 0.15) is 0 Å². The van der Waals surface area contributed by atoms with Gasteiger partial charge in [0.25, 0.3) is 0 Å². The van der Waals surface area contributed by atoms with E-state index in [0.717, 1.165) is 16.6 Å². The number of nitrogens with zero attached hydrogens (tertiary/aromatic N) is 2. The van der Waals surface area contributed by atoms with E-state index >= 15 is 0 Å². The van der Waals surface area contributed by atoms with E-state index in [0.29, 0.717) is 25.9 Å². The van der Waals surface area contributed by atoms with Crippen molar-refractivity contribution in [3.05, 3.63) is 42.1 Å². The third kappa shape index (κ3) is 2.58. The second-order valence-corrected chi connectivity index (χ2v) is 4.95. The first-order valence-corrected chi connectivity index (χ1v) is 6.53. The molecule has 2 aromatic rings. The number of fused-ring (bicyclic) bond motifs is 1. The van der Waals surface area contributed by atoms with E-state index in [4.69, 9.17) is 5.11 Å². The lowest BCUT2D eigenvalue weighted by atomic mass is 10.1. The number of amides is 1. The Kier molecular flexibility index (Phi) is 3.17. The molecule has 1 N–H and O–H groups in total. The maximum atomic E-state index is 11.8. The largest absolute Gasteiger partial charge is 0.389 e. The first-order valence-electron chi connectivity index (χ1n) is 6.53. The molecule has 0 saturated carbocycles. The molecule has 98 valence electrons. The number of aliphatic hydroxyl groups is 1. The summed E-state index contributed by atoms with van der Waals surface area (Å²) in [5.74, 6) is 0.0975. The van der Waals surface area contributed by atoms with Crippen molar-refractivity contribution in [3.8, 4) is 0 Å². The van der Waals surface area contributed by atoms with Crippen LogP contribution >= 0.6 is 0 Å². The molecule has 1 aromatic heterocycles. The standard InChI is InChI=1S/C15H16N2O2/c18-13-9-17(10-13)15(19)8-7-12-6-5-11-3-1-2-4-14(11)16-12/h1-6,13,18H,7-10H2. The van der Waals surface area contributed by atoms with Crippen LogP contribution in [0.5, 0.6) is 0 Å². The van der Waals surface area contributed by atoms with Crippen molar-refractivity contribution in [2.45, 2.75) is 18.9 Å². The van der Waals surface area contributed by atoms with Crippen molar-refractivity contribution in [1.29, 1.82) is 0 Å². The van der Waals surface area contributed by atoms with Crippen LogP contribution in [0.2, 0.25) is 0 Å². The molecule has 0 bridgehead atoms. The average molecular weight is 256 g/mol. The fraction of sp³-hybridized carbons (Fsp3) is 0.333. The Hall–Kier alpha value is -1.94. The summed E-state index contributed by atoms with van der Waals surface area (Å²) in [4.78, 5) is 18.0. The van der Waals surface area contributed by atoms with E-state index in [1.54, 1.807) is 4.90 Å². The van der Waals surface area contributed by atoms with E-state index in [1.807, 2.05) is 36.4 Å². The molecule has 19 heavy (non-hydrogen) atoms. The number of benzene rings is 1. The van der Waals surface area contributed by atoms with Gasteiger partial charge in [-0.1, -0.05) is 24.3 Å². The number of carbonyl (C=O) groups excluding carboxylic acids is 1. The highest BCUT2D eigenvalue weighted by Crippen LogP contribution is 2.14. The van der Waals surface area contributed by atoms with E-state index in [9.17, 15) is 4.79 Å². The summed E-state index contributed by atoms with van der Waals surface area (Å²) >= 11 is 0. The van der Waals surface area contributed by atoms with Gasteiger partial charge < -0.3 is 10.0 Å². The highest BCUT2D eigenvalue weighted by atomic mass is 16.3. The number of likely N-dealkylation sites (tertiary alicyclic amines) is 1. The Morgan fingerprint density at radius 2 is 2.05 bits per heavy atom. The molecule has 3 rings (SSSR count). The second-order valence-electron chi connectivity index (χ2n) is 4.95. The van der Waals surface area contributed by atoms with Crippen molar-refractivity contribution in [2.75, 3.05) is 13.1 Å². The Balaban J connectivity index is 1.63. The van der Waals surface area contributed by atoms with Gasteiger partial charge >= 0.3 is 0 Å². The molecule has 1 aromatic carbocycles. The third-order valence-electron chi connectivity index (χ3n) is 3.47. The quantitative estimate of drug-likeness (QED) is 0.902. The van der Waals surface area contributed by atoms with Crippen molar-refractivity contribution >= 4 is 16.8 Å². The van der Waals surface area contributed by atoms with Crippen LogP contribution in [0, 0.1) is 0 Å². The minimum Gasteiger partial charge on any atom is -0.389 e. The first kappa shape index (κ1) is 12.1. The monoisotopic (exact) mass is 256 g/mol. The highest BCUT2D eigenvalue weighted by molar-refractivity contribution is 5.79. The smallest absolute Gasteiger partial charge is 0.223 e. The van der Waals surface area contributed by atoms with Crippen LogP contribution in [0.25, 0.3) is 10.9 Å². The number of para-hydroxylation sites is 1. The summed E-state index contributed by atoms with van der Waals surface area (Å²) in [7, 11) is 0. The Morgan fingerprint density at radius 3 is 2.84 bits per heavy atom. The number of pyridine rings is 1. The zero-order chi connectivity index (χ0) is 13.2. The van der Waals surface area contributed by atoms with Gasteiger partial charge in [-0.2, -0.15) is 0 Å². The van der Waals surface area contributed by atoms with Crippen molar-refractivity contribution in [3.63, 3.8) is 0 Å². The van der Waals surface area contributed by atoms with Crippen molar-refractivity contribution < 1.29 is 9.90 Å². The molecule has 0 atom stereocenters. The van der Waals surface area contributed by atoms with Crippen LogP contribution in [0.1, 0.15) is 12.1 Å².